The number of allylic oxidation sites excluding steroid dienone is 30. The first-order valence-electron chi connectivity index (χ1n) is 30.3. The molecule has 428 valence electrons. The third-order valence-corrected chi connectivity index (χ3v) is 11.9. The minimum absolute atomic E-state index is 0.143. The van der Waals surface area contributed by atoms with Gasteiger partial charge in [-0.05, 0) is 141 Å². The van der Waals surface area contributed by atoms with Crippen LogP contribution in [0.4, 0.5) is 0 Å². The predicted molar refractivity (Wildman–Crippen MR) is 334 cm³/mol. The Labute approximate surface area is 472 Å². The minimum atomic E-state index is -0.846. The maximum Gasteiger partial charge on any atom is 0.306 e. The van der Waals surface area contributed by atoms with Gasteiger partial charge in [0.05, 0.1) is 0 Å². The molecule has 0 aromatic rings. The van der Waals surface area contributed by atoms with Crippen LogP contribution < -0.4 is 0 Å². The molecule has 0 aromatic heterocycles. The van der Waals surface area contributed by atoms with Crippen molar-refractivity contribution in [1.29, 1.82) is 0 Å². The fourth-order valence-electron chi connectivity index (χ4n) is 7.43. The Morgan fingerprint density at radius 1 is 0.273 bits per heavy atom. The number of ether oxygens (including phenoxy) is 3. The highest BCUT2D eigenvalue weighted by Crippen LogP contribution is 2.13. The first-order valence-corrected chi connectivity index (χ1v) is 30.3. The fourth-order valence-corrected chi connectivity index (χ4v) is 7.43. The Kier molecular flexibility index (Phi) is 58.6. The number of hydrogen-bond acceptors (Lipinski definition) is 6. The second kappa shape index (κ2) is 63.0. The predicted octanol–water partition coefficient (Wildman–Crippen LogP) is 20.9. The van der Waals surface area contributed by atoms with E-state index >= 15 is 0 Å². The second-order valence-electron chi connectivity index (χ2n) is 19.1. The first-order chi connectivity index (χ1) is 38.0. The SMILES string of the molecule is CC/C=C\C/C=C\C/C=C\C/C=C\C/C=C\C/C=C\C/C=C\C/C=C\C/C=C\CCCC(=O)OCC(COC(=O)CC/C=C\C/C=C\C/C=C\C/C=C\CC)OC(=O)CCCCCCCCC/C=C\C/C=C\CCCCC. The summed E-state index contributed by atoms with van der Waals surface area (Å²) in [6.07, 6.45) is 94.8. The number of carbonyl (C=O) groups excluding carboxylic acids is 3. The van der Waals surface area contributed by atoms with Crippen molar-refractivity contribution in [3.05, 3.63) is 182 Å². The Morgan fingerprint density at radius 2 is 0.545 bits per heavy atom. The molecule has 6 heteroatoms. The van der Waals surface area contributed by atoms with Crippen molar-refractivity contribution in [1.82, 2.24) is 0 Å². The topological polar surface area (TPSA) is 78.9 Å². The molecule has 0 rings (SSSR count). The molecule has 0 saturated carbocycles. The van der Waals surface area contributed by atoms with Crippen molar-refractivity contribution >= 4 is 17.9 Å². The molecule has 0 aliphatic carbocycles. The van der Waals surface area contributed by atoms with E-state index in [1.54, 1.807) is 0 Å². The lowest BCUT2D eigenvalue weighted by atomic mass is 10.1. The van der Waals surface area contributed by atoms with Gasteiger partial charge in [0.1, 0.15) is 13.2 Å². The van der Waals surface area contributed by atoms with Crippen molar-refractivity contribution in [3.63, 3.8) is 0 Å². The molecule has 0 heterocycles. The summed E-state index contributed by atoms with van der Waals surface area (Å²) in [5.41, 5.74) is 0. The van der Waals surface area contributed by atoms with Crippen LogP contribution in [-0.2, 0) is 28.6 Å². The average Bonchev–Trinajstić information content (AvgIpc) is 3.43. The molecule has 0 fully saturated rings. The molecule has 6 nitrogen and oxygen atoms in total. The van der Waals surface area contributed by atoms with Gasteiger partial charge in [-0.3, -0.25) is 14.4 Å². The van der Waals surface area contributed by atoms with Crippen molar-refractivity contribution in [2.75, 3.05) is 13.2 Å². The molecule has 1 unspecified atom stereocenters. The number of rotatable bonds is 52. The lowest BCUT2D eigenvalue weighted by molar-refractivity contribution is -0.166. The monoisotopic (exact) mass is 1060 g/mol. The quantitative estimate of drug-likeness (QED) is 0.0261. The Bertz CT molecular complexity index is 1840. The Hall–Kier alpha value is -5.49. The standard InChI is InChI=1S/C71H108O6/c1-4-7-10-13-16-19-22-25-27-29-30-31-32-33-34-35-36-37-38-39-40-42-43-46-49-52-55-58-61-64-70(73)76-67-68(66-75-69(72)63-60-57-54-51-48-45-24-21-18-15-12-9-6-3)77-71(74)65-62-59-56-53-50-47-44-41-28-26-23-20-17-14-11-8-5-2/h7,9-10,12,16-21,25-28,30-31,33-34,36-37,39-40,43,45-46,48,52,54-55,57,68H,4-6,8,11,13-15,22-24,29,32,35,38,41-42,44,47,49-51,53,56,58-67H2,1-3H3/b10-7-,12-9-,19-16-,20-17-,21-18-,27-25-,28-26-,31-30-,34-33-,37-36-,40-39-,46-43-,48-45-,55-52-,57-54-. The third kappa shape index (κ3) is 61.2. The van der Waals surface area contributed by atoms with E-state index in [0.717, 1.165) is 128 Å². The van der Waals surface area contributed by atoms with Crippen molar-refractivity contribution in [2.24, 2.45) is 0 Å². The second-order valence-corrected chi connectivity index (χ2v) is 19.1. The summed E-state index contributed by atoms with van der Waals surface area (Å²) in [7, 11) is 0. The summed E-state index contributed by atoms with van der Waals surface area (Å²) in [6, 6.07) is 0. The maximum absolute atomic E-state index is 12.9. The highest BCUT2D eigenvalue weighted by atomic mass is 16.6. The van der Waals surface area contributed by atoms with E-state index in [4.69, 9.17) is 14.2 Å². The summed E-state index contributed by atoms with van der Waals surface area (Å²) in [5, 5.41) is 0. The van der Waals surface area contributed by atoms with Crippen LogP contribution in [0, 0.1) is 0 Å². The van der Waals surface area contributed by atoms with Crippen LogP contribution in [0.2, 0.25) is 0 Å². The fraction of sp³-hybridized carbons (Fsp3) is 0.535. The Morgan fingerprint density at radius 3 is 0.909 bits per heavy atom. The lowest BCUT2D eigenvalue weighted by Gasteiger charge is -2.18. The van der Waals surface area contributed by atoms with Gasteiger partial charge >= 0.3 is 17.9 Å². The van der Waals surface area contributed by atoms with E-state index < -0.39 is 6.10 Å². The van der Waals surface area contributed by atoms with Gasteiger partial charge < -0.3 is 14.2 Å². The largest absolute Gasteiger partial charge is 0.462 e. The van der Waals surface area contributed by atoms with E-state index in [2.05, 4.69) is 191 Å². The van der Waals surface area contributed by atoms with Crippen LogP contribution in [0.25, 0.3) is 0 Å². The molecule has 77 heavy (non-hydrogen) atoms. The van der Waals surface area contributed by atoms with Gasteiger partial charge in [0.2, 0.25) is 0 Å². The number of carbonyl (C=O) groups is 3. The van der Waals surface area contributed by atoms with E-state index in [9.17, 15) is 14.4 Å². The minimum Gasteiger partial charge on any atom is -0.462 e. The number of hydrogen-bond donors (Lipinski definition) is 0. The zero-order chi connectivity index (χ0) is 55.7. The molecule has 0 bridgehead atoms. The molecule has 0 aliphatic rings. The van der Waals surface area contributed by atoms with Crippen molar-refractivity contribution < 1.29 is 28.6 Å². The van der Waals surface area contributed by atoms with Gasteiger partial charge in [0.15, 0.2) is 6.10 Å². The van der Waals surface area contributed by atoms with Crippen LogP contribution in [0.15, 0.2) is 182 Å². The van der Waals surface area contributed by atoms with Gasteiger partial charge in [-0.15, -0.1) is 0 Å². The molecular weight excluding hydrogens is 949 g/mol. The molecular formula is C71H108O6. The van der Waals surface area contributed by atoms with Crippen LogP contribution >= 0.6 is 0 Å². The maximum atomic E-state index is 12.9. The van der Waals surface area contributed by atoms with E-state index in [0.29, 0.717) is 12.8 Å². The third-order valence-electron chi connectivity index (χ3n) is 11.9. The molecule has 0 aromatic carbocycles. The summed E-state index contributed by atoms with van der Waals surface area (Å²) >= 11 is 0. The van der Waals surface area contributed by atoms with Gasteiger partial charge in [0, 0.05) is 19.3 Å². The molecule has 0 radical (unpaired) electrons. The zero-order valence-electron chi connectivity index (χ0n) is 48.9. The molecule has 0 amide bonds. The number of unbranched alkanes of at least 4 members (excludes halogenated alkanes) is 11. The summed E-state index contributed by atoms with van der Waals surface area (Å²) in [5.74, 6) is -1.10. The highest BCUT2D eigenvalue weighted by molar-refractivity contribution is 5.71. The summed E-state index contributed by atoms with van der Waals surface area (Å²) in [6.45, 7) is 6.24. The van der Waals surface area contributed by atoms with E-state index in [-0.39, 0.29) is 50.4 Å². The van der Waals surface area contributed by atoms with Crippen molar-refractivity contribution in [3.8, 4) is 0 Å². The highest BCUT2D eigenvalue weighted by Gasteiger charge is 2.19. The van der Waals surface area contributed by atoms with Gasteiger partial charge in [-0.2, -0.15) is 0 Å². The molecule has 0 N–H and O–H groups in total. The number of esters is 3. The molecule has 0 saturated heterocycles. The molecule has 0 aliphatic heterocycles. The van der Waals surface area contributed by atoms with Gasteiger partial charge in [-0.25, -0.2) is 0 Å². The van der Waals surface area contributed by atoms with Crippen LogP contribution in [0.1, 0.15) is 226 Å². The van der Waals surface area contributed by atoms with Gasteiger partial charge in [0.25, 0.3) is 0 Å². The first kappa shape index (κ1) is 71.5. The molecule has 1 atom stereocenters. The van der Waals surface area contributed by atoms with Gasteiger partial charge in [-0.1, -0.05) is 248 Å². The van der Waals surface area contributed by atoms with E-state index in [1.165, 1.54) is 44.9 Å². The average molecular weight is 1060 g/mol. The lowest BCUT2D eigenvalue weighted by Crippen LogP contribution is -2.30. The summed E-state index contributed by atoms with van der Waals surface area (Å²) in [4.78, 5) is 38.1. The van der Waals surface area contributed by atoms with E-state index in [1.807, 2.05) is 12.2 Å². The smallest absolute Gasteiger partial charge is 0.306 e. The normalized spacial score (nSPS) is 13.4. The van der Waals surface area contributed by atoms with Crippen LogP contribution in [-0.4, -0.2) is 37.2 Å². The zero-order valence-corrected chi connectivity index (χ0v) is 48.9. The van der Waals surface area contributed by atoms with Crippen molar-refractivity contribution in [2.45, 2.75) is 232 Å². The summed E-state index contributed by atoms with van der Waals surface area (Å²) < 4.78 is 16.7. The van der Waals surface area contributed by atoms with Crippen LogP contribution in [0.5, 0.6) is 0 Å². The molecule has 0 spiro atoms. The Balaban J connectivity index is 4.52. The van der Waals surface area contributed by atoms with Crippen LogP contribution in [0.3, 0.4) is 0 Å².